The van der Waals surface area contributed by atoms with Gasteiger partial charge in [0.05, 0.1) is 6.20 Å². The zero-order chi connectivity index (χ0) is 12.5. The fourth-order valence-electron chi connectivity index (χ4n) is 1.98. The quantitative estimate of drug-likeness (QED) is 0.719. The zero-order valence-electron chi connectivity index (χ0n) is 9.96. The van der Waals surface area contributed by atoms with Crippen LogP contribution < -0.4 is 5.73 Å². The fourth-order valence-corrected chi connectivity index (χ4v) is 1.98. The molecule has 0 radical (unpaired) electrons. The van der Waals surface area contributed by atoms with Crippen LogP contribution in [0.4, 0.5) is 5.82 Å². The van der Waals surface area contributed by atoms with Crippen LogP contribution in [0.5, 0.6) is 0 Å². The van der Waals surface area contributed by atoms with Gasteiger partial charge in [0.25, 0.3) is 0 Å². The predicted molar refractivity (Wildman–Crippen MR) is 70.3 cm³/mol. The van der Waals surface area contributed by atoms with Crippen LogP contribution in [-0.2, 0) is 0 Å². The normalized spacial score (nSPS) is 10.7. The van der Waals surface area contributed by atoms with Crippen molar-refractivity contribution in [2.24, 2.45) is 0 Å². The summed E-state index contributed by atoms with van der Waals surface area (Å²) in [5.41, 5.74) is 8.84. The van der Waals surface area contributed by atoms with E-state index < -0.39 is 0 Å². The first-order valence-corrected chi connectivity index (χ1v) is 5.65. The summed E-state index contributed by atoms with van der Waals surface area (Å²) in [6.45, 7) is 1.97. The lowest BCUT2D eigenvalue weighted by molar-refractivity contribution is 0.975. The Morgan fingerprint density at radius 1 is 1.22 bits per heavy atom. The number of hydrogen-bond acceptors (Lipinski definition) is 3. The highest BCUT2D eigenvalue weighted by Gasteiger charge is 2.05. The molecular weight excluding hydrogens is 226 g/mol. The average molecular weight is 239 g/mol. The van der Waals surface area contributed by atoms with Crippen molar-refractivity contribution in [3.63, 3.8) is 0 Å². The number of nitrogens with two attached hydrogens (primary N) is 1. The number of H-pyrrole nitrogens is 1. The van der Waals surface area contributed by atoms with Gasteiger partial charge >= 0.3 is 0 Å². The molecule has 0 atom stereocenters. The highest BCUT2D eigenvalue weighted by atomic mass is 15.1. The maximum atomic E-state index is 5.80. The number of benzene rings is 1. The summed E-state index contributed by atoms with van der Waals surface area (Å²) >= 11 is 0. The highest BCUT2D eigenvalue weighted by molar-refractivity contribution is 5.73. The molecule has 0 saturated carbocycles. The Hall–Kier alpha value is -2.56. The van der Waals surface area contributed by atoms with E-state index in [1.807, 2.05) is 42.0 Å². The molecule has 0 aliphatic carbocycles. The minimum atomic E-state index is 0.585. The fraction of sp³-hybridized carbons (Fsp3) is 0.0769. The van der Waals surface area contributed by atoms with Crippen molar-refractivity contribution < 1.29 is 0 Å². The van der Waals surface area contributed by atoms with Crippen molar-refractivity contribution in [2.45, 2.75) is 6.92 Å². The highest BCUT2D eigenvalue weighted by Crippen LogP contribution is 2.24. The Kier molecular flexibility index (Phi) is 2.37. The standard InChI is InChI=1S/C13H13N5/c1-9-15-6-7-18(9)11-4-2-10(3-5-11)12-8-16-17-13(12)14/h2-8H,1H3,(H3,14,16,17). The van der Waals surface area contributed by atoms with E-state index in [9.17, 15) is 0 Å². The van der Waals surface area contributed by atoms with Crippen molar-refractivity contribution in [3.05, 3.63) is 48.7 Å². The molecule has 3 N–H and O–H groups in total. The number of hydrogen-bond donors (Lipinski definition) is 2. The number of nitrogens with one attached hydrogen (secondary N) is 1. The summed E-state index contributed by atoms with van der Waals surface area (Å²) in [6.07, 6.45) is 5.46. The summed E-state index contributed by atoms with van der Waals surface area (Å²) in [7, 11) is 0. The maximum Gasteiger partial charge on any atom is 0.126 e. The zero-order valence-corrected chi connectivity index (χ0v) is 9.96. The topological polar surface area (TPSA) is 72.5 Å². The Morgan fingerprint density at radius 3 is 2.56 bits per heavy atom. The minimum Gasteiger partial charge on any atom is -0.384 e. The third-order valence-corrected chi connectivity index (χ3v) is 2.95. The minimum absolute atomic E-state index is 0.585. The summed E-state index contributed by atoms with van der Waals surface area (Å²) < 4.78 is 2.03. The van der Waals surface area contributed by atoms with Gasteiger partial charge in [0, 0.05) is 23.6 Å². The van der Waals surface area contributed by atoms with Crippen LogP contribution in [0.25, 0.3) is 16.8 Å². The van der Waals surface area contributed by atoms with Crippen molar-refractivity contribution in [1.29, 1.82) is 0 Å². The average Bonchev–Trinajstić information content (AvgIpc) is 2.98. The number of nitrogen functional groups attached to an aromatic ring is 1. The van der Waals surface area contributed by atoms with Gasteiger partial charge in [-0.1, -0.05) is 12.1 Å². The molecule has 2 heterocycles. The molecule has 0 aliphatic rings. The number of rotatable bonds is 2. The molecular formula is C13H13N5. The third-order valence-electron chi connectivity index (χ3n) is 2.95. The van der Waals surface area contributed by atoms with Crippen LogP contribution in [0, 0.1) is 6.92 Å². The SMILES string of the molecule is Cc1nccn1-c1ccc(-c2cn[nH]c2N)cc1. The predicted octanol–water partition coefficient (Wildman–Crippen LogP) is 2.15. The lowest BCUT2D eigenvalue weighted by Crippen LogP contribution is -1.95. The van der Waals surface area contributed by atoms with Gasteiger partial charge in [0.2, 0.25) is 0 Å². The first kappa shape index (κ1) is 10.6. The molecule has 0 spiro atoms. The van der Waals surface area contributed by atoms with E-state index in [1.54, 1.807) is 12.4 Å². The van der Waals surface area contributed by atoms with E-state index in [-0.39, 0.29) is 0 Å². The molecule has 90 valence electrons. The molecule has 3 rings (SSSR count). The van der Waals surface area contributed by atoms with E-state index >= 15 is 0 Å². The first-order chi connectivity index (χ1) is 8.75. The van der Waals surface area contributed by atoms with Crippen LogP contribution in [0.2, 0.25) is 0 Å². The molecule has 0 aliphatic heterocycles. The smallest absolute Gasteiger partial charge is 0.126 e. The van der Waals surface area contributed by atoms with Gasteiger partial charge in [0.15, 0.2) is 0 Å². The number of aryl methyl sites for hydroxylation is 1. The summed E-state index contributed by atoms with van der Waals surface area (Å²) in [5, 5.41) is 6.65. The Morgan fingerprint density at radius 2 is 2.00 bits per heavy atom. The summed E-state index contributed by atoms with van der Waals surface area (Å²) in [5.74, 6) is 1.55. The van der Waals surface area contributed by atoms with Crippen LogP contribution in [0.3, 0.4) is 0 Å². The molecule has 5 nitrogen and oxygen atoms in total. The molecule has 5 heteroatoms. The van der Waals surface area contributed by atoms with Gasteiger partial charge in [-0.15, -0.1) is 0 Å². The van der Waals surface area contributed by atoms with E-state index in [2.05, 4.69) is 15.2 Å². The summed E-state index contributed by atoms with van der Waals surface area (Å²) in [6, 6.07) is 8.12. The van der Waals surface area contributed by atoms with Crippen LogP contribution in [0.15, 0.2) is 42.9 Å². The largest absolute Gasteiger partial charge is 0.384 e. The molecule has 1 aromatic carbocycles. The van der Waals surface area contributed by atoms with E-state index in [0.29, 0.717) is 5.82 Å². The number of aromatic nitrogens is 4. The Labute approximate surface area is 104 Å². The second-order valence-corrected chi connectivity index (χ2v) is 4.09. The van der Waals surface area contributed by atoms with Crippen LogP contribution in [-0.4, -0.2) is 19.7 Å². The van der Waals surface area contributed by atoms with Crippen molar-refractivity contribution in [3.8, 4) is 16.8 Å². The Balaban J connectivity index is 2.00. The first-order valence-electron chi connectivity index (χ1n) is 5.65. The van der Waals surface area contributed by atoms with Crippen LogP contribution >= 0.6 is 0 Å². The molecule has 0 amide bonds. The number of anilines is 1. The lowest BCUT2D eigenvalue weighted by atomic mass is 10.1. The second kappa shape index (κ2) is 4.03. The number of nitrogens with zero attached hydrogens (tertiary/aromatic N) is 3. The second-order valence-electron chi connectivity index (χ2n) is 4.09. The molecule has 0 fully saturated rings. The van der Waals surface area contributed by atoms with Crippen LogP contribution in [0.1, 0.15) is 5.82 Å². The van der Waals surface area contributed by atoms with Gasteiger partial charge < -0.3 is 10.3 Å². The van der Waals surface area contributed by atoms with Gasteiger partial charge in [-0.2, -0.15) is 5.10 Å². The molecule has 0 saturated heterocycles. The molecule has 0 bridgehead atoms. The van der Waals surface area contributed by atoms with E-state index in [4.69, 9.17) is 5.73 Å². The van der Waals surface area contributed by atoms with Gasteiger partial charge in [0.1, 0.15) is 11.6 Å². The molecule has 0 unspecified atom stereocenters. The monoisotopic (exact) mass is 239 g/mol. The van der Waals surface area contributed by atoms with Crippen molar-refractivity contribution >= 4 is 5.82 Å². The Bertz CT molecular complexity index is 604. The molecule has 3 aromatic rings. The third kappa shape index (κ3) is 1.66. The summed E-state index contributed by atoms with van der Waals surface area (Å²) in [4.78, 5) is 4.21. The number of aromatic amines is 1. The van der Waals surface area contributed by atoms with E-state index in [0.717, 1.165) is 22.6 Å². The van der Waals surface area contributed by atoms with Gasteiger partial charge in [-0.05, 0) is 24.6 Å². The maximum absolute atomic E-state index is 5.80. The number of imidazole rings is 1. The van der Waals surface area contributed by atoms with Gasteiger partial charge in [-0.3, -0.25) is 5.10 Å². The molecule has 18 heavy (non-hydrogen) atoms. The lowest BCUT2D eigenvalue weighted by Gasteiger charge is -2.06. The van der Waals surface area contributed by atoms with E-state index in [1.165, 1.54) is 0 Å². The van der Waals surface area contributed by atoms with Crippen molar-refractivity contribution in [2.75, 3.05) is 5.73 Å². The van der Waals surface area contributed by atoms with Gasteiger partial charge in [-0.25, -0.2) is 4.98 Å². The molecule has 2 aromatic heterocycles. The van der Waals surface area contributed by atoms with Crippen molar-refractivity contribution in [1.82, 2.24) is 19.7 Å².